The predicted molar refractivity (Wildman–Crippen MR) is 331 cm³/mol. The van der Waals surface area contributed by atoms with Crippen LogP contribution in [0.4, 0.5) is 0 Å². The Morgan fingerprint density at radius 2 is 0.653 bits per heavy atom. The second-order valence-electron chi connectivity index (χ2n) is 22.0. The molecule has 6 rings (SSSR count). The number of ether oxygens (including phenoxy) is 14. The van der Waals surface area contributed by atoms with Gasteiger partial charge in [0, 0.05) is 83.3 Å². The molecule has 4 aliphatic rings. The highest BCUT2D eigenvalue weighted by atomic mass is 32.2. The van der Waals surface area contributed by atoms with Crippen LogP contribution in [-0.4, -0.2) is 228 Å². The first-order chi connectivity index (χ1) is 44.9. The number of hydrogen-bond acceptors (Lipinski definition) is 30. The van der Waals surface area contributed by atoms with E-state index >= 15 is 0 Å². The maximum atomic E-state index is 14.3. The molecule has 2 aromatic carbocycles. The fourth-order valence-electron chi connectivity index (χ4n) is 10.9. The van der Waals surface area contributed by atoms with Crippen molar-refractivity contribution in [1.29, 1.82) is 0 Å². The average molecular weight is 1400 g/mol. The number of methoxy groups -OCH3 is 1. The lowest BCUT2D eigenvalue weighted by atomic mass is 9.97. The molecule has 522 valence electrons. The zero-order valence-corrected chi connectivity index (χ0v) is 56.3. The Hall–Kier alpha value is -7.60. The Morgan fingerprint density at radius 1 is 0.347 bits per heavy atom. The molecule has 0 bridgehead atoms. The summed E-state index contributed by atoms with van der Waals surface area (Å²) >= 11 is 2.35. The molecule has 0 spiro atoms. The summed E-state index contributed by atoms with van der Waals surface area (Å²) in [7, 11) is 1.26. The topological polar surface area (TPSA) is 399 Å². The standard InChI is InChI=1S/C61H78N4O27S3/c1-27(66)62-44-50(92-57(78)39-21-17-14-18-22-39)53(41(88-58(44)79-12)26-83-56(77)38-19-15-13-16-20-38)93-60-46(64-29(3)68)52(87-37(11)76)55(43(90-60)25-82-33(7)72)95-61-47(65-30(4)69)51(86-36(10)75)54(42(91-61)24-81-32(6)71)94-59-45(63-28(2)67)49(85-35(9)74)48(84-34(8)73)40(89-59)23-80-31(5)70/h13-22,40-55,58-61H,23-26H2,1-12H3,(H,62,66)(H,63,67)(H,64,68)(H,65,69)/t40-,41-,42-,43-,44-,45-,46-,47-,48-,49-,50-,51-,52-,53-,54-,55-,58+,59+,60+,61+/m1/s1. The Labute approximate surface area is 559 Å². The number of esters is 9. The maximum absolute atomic E-state index is 14.3. The van der Waals surface area contributed by atoms with Crippen molar-refractivity contribution in [3.8, 4) is 0 Å². The zero-order chi connectivity index (χ0) is 70.0. The van der Waals surface area contributed by atoms with E-state index in [0.29, 0.717) is 0 Å². The summed E-state index contributed by atoms with van der Waals surface area (Å²) in [5.41, 5.74) is -4.30. The van der Waals surface area contributed by atoms with Crippen LogP contribution < -0.4 is 21.3 Å². The molecule has 0 radical (unpaired) electrons. The van der Waals surface area contributed by atoms with Gasteiger partial charge in [-0.1, -0.05) is 36.4 Å². The van der Waals surface area contributed by atoms with E-state index in [9.17, 15) is 62.3 Å². The van der Waals surface area contributed by atoms with Crippen molar-refractivity contribution in [2.45, 2.75) is 194 Å². The first kappa shape index (κ1) is 76.4. The first-order valence-electron chi connectivity index (χ1n) is 29.7. The lowest BCUT2D eigenvalue weighted by molar-refractivity contribution is -0.224. The molecule has 4 fully saturated rings. The quantitative estimate of drug-likeness (QED) is 0.0763. The number of carbonyl (C=O) groups excluding carboxylic acids is 13. The van der Waals surface area contributed by atoms with Crippen LogP contribution in [0.25, 0.3) is 0 Å². The summed E-state index contributed by atoms with van der Waals surface area (Å²) < 4.78 is 84.9. The second kappa shape index (κ2) is 35.9. The van der Waals surface area contributed by atoms with Crippen molar-refractivity contribution in [3.63, 3.8) is 0 Å². The van der Waals surface area contributed by atoms with Gasteiger partial charge in [-0.15, -0.1) is 35.3 Å². The average Bonchev–Trinajstić information content (AvgIpc) is 0.765. The molecule has 4 N–H and O–H groups in total. The summed E-state index contributed by atoms with van der Waals surface area (Å²) in [6.07, 6.45) is -14.9. The van der Waals surface area contributed by atoms with Crippen LogP contribution in [0.3, 0.4) is 0 Å². The fraction of sp³-hybridized carbons (Fsp3) is 0.590. The number of nitrogens with one attached hydrogen (secondary N) is 4. The lowest BCUT2D eigenvalue weighted by Crippen LogP contribution is -2.69. The SMILES string of the molecule is CO[C@H]1O[C@H](COC(=O)c2ccccc2)[C@@H](S[C@@H]2O[C@H](COC(C)=O)[C@@H](S[C@@H]3O[C@H](COC(C)=O)[C@@H](S[C@@H]4O[C@H](COC(C)=O)[C@@H](OC(C)=O)[C@H](OC(C)=O)[C@H]4NC(C)=O)[C@H](OC(C)=O)[C@H]3NC(C)=O)[C@H](OC(C)=O)[C@H]2NC(C)=O)[C@H](OC(=O)c2ccccc2)[C@H]1NC(C)=O. The molecule has 0 aliphatic carbocycles. The predicted octanol–water partition coefficient (Wildman–Crippen LogP) is 1.36. The molecular formula is C61H78N4O27S3. The van der Waals surface area contributed by atoms with Crippen molar-refractivity contribution >= 4 is 113 Å². The number of hydrogen-bond donors (Lipinski definition) is 4. The van der Waals surface area contributed by atoms with E-state index < -0.39 is 221 Å². The Balaban J connectivity index is 1.51. The minimum Gasteiger partial charge on any atom is -0.463 e. The number of thioether (sulfide) groups is 3. The number of carbonyl (C=O) groups is 13. The molecule has 20 atom stereocenters. The molecule has 4 saturated heterocycles. The van der Waals surface area contributed by atoms with Crippen LogP contribution in [0, 0.1) is 0 Å². The third-order valence-corrected chi connectivity index (χ3v) is 19.0. The van der Waals surface area contributed by atoms with Crippen molar-refractivity contribution in [3.05, 3.63) is 71.8 Å². The first-order valence-corrected chi connectivity index (χ1v) is 32.5. The third-order valence-electron chi connectivity index (χ3n) is 14.4. The second-order valence-corrected chi connectivity index (χ2v) is 25.9. The number of rotatable bonds is 26. The Morgan fingerprint density at radius 3 is 1.02 bits per heavy atom. The highest BCUT2D eigenvalue weighted by Gasteiger charge is 2.60. The molecule has 0 aromatic heterocycles. The zero-order valence-electron chi connectivity index (χ0n) is 53.9. The Bertz CT molecular complexity index is 3080. The van der Waals surface area contributed by atoms with Gasteiger partial charge in [-0.3, -0.25) is 52.7 Å². The molecule has 2 aromatic rings. The van der Waals surface area contributed by atoms with Gasteiger partial charge in [-0.05, 0) is 24.3 Å². The molecule has 4 aliphatic heterocycles. The van der Waals surface area contributed by atoms with E-state index in [2.05, 4.69) is 21.3 Å². The van der Waals surface area contributed by atoms with Crippen molar-refractivity contribution in [2.75, 3.05) is 33.5 Å². The van der Waals surface area contributed by atoms with Crippen LogP contribution in [-0.2, 0) is 119 Å². The van der Waals surface area contributed by atoms with Gasteiger partial charge in [-0.2, -0.15) is 0 Å². The van der Waals surface area contributed by atoms with E-state index in [-0.39, 0.29) is 11.1 Å². The molecule has 0 saturated carbocycles. The summed E-state index contributed by atoms with van der Waals surface area (Å²) in [6, 6.07) is 9.89. The van der Waals surface area contributed by atoms with Crippen LogP contribution in [0.1, 0.15) is 96.9 Å². The van der Waals surface area contributed by atoms with E-state index in [0.717, 1.165) is 105 Å². The van der Waals surface area contributed by atoms with Gasteiger partial charge in [0.05, 0.1) is 26.9 Å². The summed E-state index contributed by atoms with van der Waals surface area (Å²) in [4.78, 5) is 172. The van der Waals surface area contributed by atoms with Gasteiger partial charge in [0.1, 0.15) is 110 Å². The van der Waals surface area contributed by atoms with Gasteiger partial charge in [0.2, 0.25) is 23.6 Å². The molecular weight excluding hydrogens is 1320 g/mol. The van der Waals surface area contributed by atoms with E-state index in [4.69, 9.17) is 66.3 Å². The largest absolute Gasteiger partial charge is 0.463 e. The minimum atomic E-state index is -1.62. The Kier molecular flexibility index (Phi) is 28.9. The number of benzene rings is 2. The van der Waals surface area contributed by atoms with Crippen LogP contribution in [0.5, 0.6) is 0 Å². The van der Waals surface area contributed by atoms with Gasteiger partial charge in [0.25, 0.3) is 0 Å². The summed E-state index contributed by atoms with van der Waals surface area (Å²) in [5.74, 6) is -10.6. The van der Waals surface area contributed by atoms with Gasteiger partial charge >= 0.3 is 53.7 Å². The van der Waals surface area contributed by atoms with Crippen LogP contribution in [0.15, 0.2) is 60.7 Å². The highest BCUT2D eigenvalue weighted by molar-refractivity contribution is 8.01. The van der Waals surface area contributed by atoms with Crippen LogP contribution in [0.2, 0.25) is 0 Å². The van der Waals surface area contributed by atoms with E-state index in [1.54, 1.807) is 36.4 Å². The van der Waals surface area contributed by atoms with Gasteiger partial charge < -0.3 is 87.6 Å². The smallest absolute Gasteiger partial charge is 0.338 e. The summed E-state index contributed by atoms with van der Waals surface area (Å²) in [6.45, 7) is 9.55. The van der Waals surface area contributed by atoms with Gasteiger partial charge in [-0.25, -0.2) is 9.59 Å². The maximum Gasteiger partial charge on any atom is 0.338 e. The summed E-state index contributed by atoms with van der Waals surface area (Å²) in [5, 5.41) is 6.93. The lowest BCUT2D eigenvalue weighted by Gasteiger charge is -2.52. The number of amides is 4. The van der Waals surface area contributed by atoms with E-state index in [1.807, 2.05) is 0 Å². The fourth-order valence-corrected chi connectivity index (χ4v) is 15.7. The molecule has 4 amide bonds. The van der Waals surface area contributed by atoms with E-state index in [1.165, 1.54) is 38.3 Å². The highest BCUT2D eigenvalue weighted by Crippen LogP contribution is 2.47. The normalized spacial score (nSPS) is 30.2. The molecule has 0 unspecified atom stereocenters. The van der Waals surface area contributed by atoms with Crippen LogP contribution >= 0.6 is 35.3 Å². The third kappa shape index (κ3) is 22.2. The van der Waals surface area contributed by atoms with Crippen molar-refractivity contribution in [2.24, 2.45) is 0 Å². The monoisotopic (exact) mass is 1390 g/mol. The molecule has 34 heteroatoms. The van der Waals surface area contributed by atoms with Gasteiger partial charge in [0.15, 0.2) is 18.5 Å². The van der Waals surface area contributed by atoms with Crippen molar-refractivity contribution < 1.29 is 129 Å². The molecule has 95 heavy (non-hydrogen) atoms. The molecule has 4 heterocycles. The van der Waals surface area contributed by atoms with Crippen molar-refractivity contribution in [1.82, 2.24) is 21.3 Å². The minimum absolute atomic E-state index is 0.0775. The molecule has 31 nitrogen and oxygen atoms in total.